The summed E-state index contributed by atoms with van der Waals surface area (Å²) in [5.41, 5.74) is -0.944. The Morgan fingerprint density at radius 1 is 1.50 bits per heavy atom. The van der Waals surface area contributed by atoms with Gasteiger partial charge in [0, 0.05) is 12.5 Å². The number of alkyl halides is 1. The van der Waals surface area contributed by atoms with Crippen LogP contribution in [0.5, 0.6) is 0 Å². The zero-order valence-corrected chi connectivity index (χ0v) is 9.94. The van der Waals surface area contributed by atoms with Crippen LogP contribution in [0, 0.1) is 17.8 Å². The summed E-state index contributed by atoms with van der Waals surface area (Å²) in [5, 5.41) is 3.26. The van der Waals surface area contributed by atoms with Gasteiger partial charge in [-0.1, -0.05) is 34.1 Å². The lowest BCUT2D eigenvalue weighted by Crippen LogP contribution is -2.51. The Labute approximate surface area is 87.5 Å². The molecule has 0 aromatic carbocycles. The lowest BCUT2D eigenvalue weighted by Gasteiger charge is -2.42. The SMILES string of the molecule is CCC(C)C(C)C1(F)CCNCC1C. The van der Waals surface area contributed by atoms with Crippen LogP contribution in [-0.4, -0.2) is 18.8 Å². The molecule has 0 aromatic heterocycles. The summed E-state index contributed by atoms with van der Waals surface area (Å²) >= 11 is 0. The zero-order valence-electron chi connectivity index (χ0n) is 9.94. The summed E-state index contributed by atoms with van der Waals surface area (Å²) in [6.07, 6.45) is 1.76. The van der Waals surface area contributed by atoms with Gasteiger partial charge in [0.2, 0.25) is 0 Å². The van der Waals surface area contributed by atoms with Crippen LogP contribution in [0.15, 0.2) is 0 Å². The minimum absolute atomic E-state index is 0.153. The topological polar surface area (TPSA) is 12.0 Å². The Bertz CT molecular complexity index is 183. The van der Waals surface area contributed by atoms with Gasteiger partial charge in [0.25, 0.3) is 0 Å². The van der Waals surface area contributed by atoms with Crippen LogP contribution in [0.3, 0.4) is 0 Å². The summed E-state index contributed by atoms with van der Waals surface area (Å²) in [5.74, 6) is 0.824. The Balaban J connectivity index is 2.70. The van der Waals surface area contributed by atoms with Gasteiger partial charge in [-0.05, 0) is 24.8 Å². The van der Waals surface area contributed by atoms with Crippen molar-refractivity contribution in [3.8, 4) is 0 Å². The van der Waals surface area contributed by atoms with Crippen molar-refractivity contribution in [2.75, 3.05) is 13.1 Å². The molecule has 0 spiro atoms. The Hall–Kier alpha value is -0.110. The normalized spacial score (nSPS) is 37.9. The maximum atomic E-state index is 14.8. The van der Waals surface area contributed by atoms with Gasteiger partial charge in [-0.25, -0.2) is 4.39 Å². The molecule has 1 fully saturated rings. The van der Waals surface area contributed by atoms with Crippen molar-refractivity contribution in [1.29, 1.82) is 0 Å². The summed E-state index contributed by atoms with van der Waals surface area (Å²) < 4.78 is 14.8. The molecule has 0 amide bonds. The lowest BCUT2D eigenvalue weighted by molar-refractivity contribution is -0.0176. The number of hydrogen-bond donors (Lipinski definition) is 1. The maximum Gasteiger partial charge on any atom is 0.118 e. The van der Waals surface area contributed by atoms with E-state index in [9.17, 15) is 4.39 Å². The van der Waals surface area contributed by atoms with Gasteiger partial charge in [0.15, 0.2) is 0 Å². The van der Waals surface area contributed by atoms with Crippen molar-refractivity contribution >= 4 is 0 Å². The highest BCUT2D eigenvalue weighted by atomic mass is 19.1. The largest absolute Gasteiger partial charge is 0.316 e. The van der Waals surface area contributed by atoms with Gasteiger partial charge in [-0.15, -0.1) is 0 Å². The highest BCUT2D eigenvalue weighted by Gasteiger charge is 2.44. The summed E-state index contributed by atoms with van der Waals surface area (Å²) in [6, 6.07) is 0. The van der Waals surface area contributed by atoms with E-state index < -0.39 is 5.67 Å². The Morgan fingerprint density at radius 3 is 2.64 bits per heavy atom. The molecule has 84 valence electrons. The molecule has 0 radical (unpaired) electrons. The van der Waals surface area contributed by atoms with Crippen molar-refractivity contribution < 1.29 is 4.39 Å². The van der Waals surface area contributed by atoms with Crippen molar-refractivity contribution in [1.82, 2.24) is 5.32 Å². The number of nitrogens with one attached hydrogen (secondary N) is 1. The minimum atomic E-state index is -0.944. The van der Waals surface area contributed by atoms with Crippen LogP contribution in [0.2, 0.25) is 0 Å². The number of hydrogen-bond acceptors (Lipinski definition) is 1. The molecule has 4 atom stereocenters. The molecular weight excluding hydrogens is 177 g/mol. The molecule has 1 saturated heterocycles. The van der Waals surface area contributed by atoms with E-state index >= 15 is 0 Å². The first kappa shape index (κ1) is 12.0. The van der Waals surface area contributed by atoms with Crippen LogP contribution in [0.4, 0.5) is 4.39 Å². The van der Waals surface area contributed by atoms with Crippen LogP contribution >= 0.6 is 0 Å². The molecular formula is C12H24FN. The van der Waals surface area contributed by atoms with E-state index in [4.69, 9.17) is 0 Å². The molecule has 14 heavy (non-hydrogen) atoms. The predicted octanol–water partition coefficient (Wildman–Crippen LogP) is 3.01. The van der Waals surface area contributed by atoms with E-state index in [-0.39, 0.29) is 11.8 Å². The third-order valence-corrected chi connectivity index (χ3v) is 4.21. The summed E-state index contributed by atoms with van der Waals surface area (Å²) in [6.45, 7) is 10.1. The molecule has 1 nitrogen and oxygen atoms in total. The second kappa shape index (κ2) is 4.61. The number of piperidine rings is 1. The standard InChI is InChI=1S/C12H24FN/c1-5-9(2)11(4)12(13)6-7-14-8-10(12)3/h9-11,14H,5-8H2,1-4H3. The lowest BCUT2D eigenvalue weighted by atomic mass is 9.70. The molecule has 4 unspecified atom stereocenters. The van der Waals surface area contributed by atoms with E-state index in [0.29, 0.717) is 12.3 Å². The Kier molecular flexibility index (Phi) is 3.94. The third kappa shape index (κ3) is 2.10. The third-order valence-electron chi connectivity index (χ3n) is 4.21. The molecule has 0 bridgehead atoms. The highest BCUT2D eigenvalue weighted by molar-refractivity contribution is 4.95. The van der Waals surface area contributed by atoms with E-state index in [2.05, 4.69) is 26.1 Å². The average Bonchev–Trinajstić information content (AvgIpc) is 2.20. The maximum absolute atomic E-state index is 14.8. The van der Waals surface area contributed by atoms with Crippen molar-refractivity contribution in [2.24, 2.45) is 17.8 Å². The first-order valence-corrected chi connectivity index (χ1v) is 5.92. The second-order valence-electron chi connectivity index (χ2n) is 4.96. The van der Waals surface area contributed by atoms with E-state index in [1.807, 2.05) is 6.92 Å². The van der Waals surface area contributed by atoms with Gasteiger partial charge < -0.3 is 5.32 Å². The molecule has 1 heterocycles. The fourth-order valence-electron chi connectivity index (χ4n) is 2.52. The molecule has 0 aromatic rings. The number of rotatable bonds is 3. The molecule has 0 aliphatic carbocycles. The van der Waals surface area contributed by atoms with E-state index in [1.165, 1.54) is 0 Å². The average molecular weight is 201 g/mol. The van der Waals surface area contributed by atoms with Crippen molar-refractivity contribution in [2.45, 2.75) is 46.2 Å². The first-order valence-electron chi connectivity index (χ1n) is 5.92. The van der Waals surface area contributed by atoms with Crippen LogP contribution in [0.25, 0.3) is 0 Å². The van der Waals surface area contributed by atoms with Gasteiger partial charge in [0.1, 0.15) is 5.67 Å². The van der Waals surface area contributed by atoms with Crippen LogP contribution in [-0.2, 0) is 0 Å². The molecule has 0 saturated carbocycles. The van der Waals surface area contributed by atoms with E-state index in [1.54, 1.807) is 0 Å². The smallest absolute Gasteiger partial charge is 0.118 e. The summed E-state index contributed by atoms with van der Waals surface area (Å²) in [7, 11) is 0. The zero-order chi connectivity index (χ0) is 10.8. The van der Waals surface area contributed by atoms with Crippen LogP contribution in [0.1, 0.15) is 40.5 Å². The van der Waals surface area contributed by atoms with Gasteiger partial charge >= 0.3 is 0 Å². The summed E-state index contributed by atoms with van der Waals surface area (Å²) in [4.78, 5) is 0. The fraction of sp³-hybridized carbons (Fsp3) is 1.00. The molecule has 1 N–H and O–H groups in total. The number of halogens is 1. The minimum Gasteiger partial charge on any atom is -0.316 e. The quantitative estimate of drug-likeness (QED) is 0.740. The Morgan fingerprint density at radius 2 is 2.14 bits per heavy atom. The molecule has 1 aliphatic rings. The van der Waals surface area contributed by atoms with E-state index in [0.717, 1.165) is 19.5 Å². The monoisotopic (exact) mass is 201 g/mol. The second-order valence-corrected chi connectivity index (χ2v) is 4.96. The predicted molar refractivity (Wildman–Crippen MR) is 59.1 cm³/mol. The van der Waals surface area contributed by atoms with Gasteiger partial charge in [0.05, 0.1) is 0 Å². The molecule has 1 rings (SSSR count). The molecule has 2 heteroatoms. The highest BCUT2D eigenvalue weighted by Crippen LogP contribution is 2.40. The van der Waals surface area contributed by atoms with Crippen molar-refractivity contribution in [3.05, 3.63) is 0 Å². The molecule has 1 aliphatic heterocycles. The van der Waals surface area contributed by atoms with Gasteiger partial charge in [-0.2, -0.15) is 0 Å². The first-order chi connectivity index (χ1) is 6.52. The fourth-order valence-corrected chi connectivity index (χ4v) is 2.52. The van der Waals surface area contributed by atoms with Gasteiger partial charge in [-0.3, -0.25) is 0 Å². The van der Waals surface area contributed by atoms with Crippen molar-refractivity contribution in [3.63, 3.8) is 0 Å². The van der Waals surface area contributed by atoms with Crippen LogP contribution < -0.4 is 5.32 Å².